The SMILES string of the molecule is CC(C=O)CC1N(C)c2c(c(=O)n(C)c(=O)n2C)N1Cc1cccc(Br)c1.CCOC. The zero-order valence-corrected chi connectivity index (χ0v) is 20.5. The van der Waals surface area contributed by atoms with Crippen LogP contribution in [0, 0.1) is 5.92 Å². The van der Waals surface area contributed by atoms with Gasteiger partial charge in [-0.3, -0.25) is 13.9 Å². The van der Waals surface area contributed by atoms with E-state index < -0.39 is 0 Å². The molecule has 1 aliphatic heterocycles. The number of carbonyl (C=O) groups is 1. The molecule has 9 heteroatoms. The predicted octanol–water partition coefficient (Wildman–Crippen LogP) is 2.51. The van der Waals surface area contributed by atoms with E-state index >= 15 is 0 Å². The Labute approximate surface area is 191 Å². The molecule has 0 amide bonds. The number of aromatic nitrogens is 2. The molecular weight excluding hydrogens is 464 g/mol. The monoisotopic (exact) mass is 494 g/mol. The summed E-state index contributed by atoms with van der Waals surface area (Å²) in [6.07, 6.45) is 1.28. The van der Waals surface area contributed by atoms with Crippen LogP contribution in [0.5, 0.6) is 0 Å². The molecule has 1 aromatic heterocycles. The number of anilines is 2. The Bertz CT molecular complexity index is 1030. The van der Waals surface area contributed by atoms with Gasteiger partial charge >= 0.3 is 5.69 Å². The molecule has 0 radical (unpaired) electrons. The van der Waals surface area contributed by atoms with Crippen molar-refractivity contribution in [3.63, 3.8) is 0 Å². The summed E-state index contributed by atoms with van der Waals surface area (Å²) >= 11 is 3.48. The van der Waals surface area contributed by atoms with Crippen molar-refractivity contribution in [3.8, 4) is 0 Å². The first-order valence-electron chi connectivity index (χ1n) is 10.2. The summed E-state index contributed by atoms with van der Waals surface area (Å²) in [7, 11) is 6.70. The summed E-state index contributed by atoms with van der Waals surface area (Å²) in [6.45, 7) is 5.14. The van der Waals surface area contributed by atoms with E-state index in [4.69, 9.17) is 0 Å². The lowest BCUT2D eigenvalue weighted by Crippen LogP contribution is -2.43. The van der Waals surface area contributed by atoms with Crippen molar-refractivity contribution in [3.05, 3.63) is 55.1 Å². The van der Waals surface area contributed by atoms with Crippen molar-refractivity contribution in [2.45, 2.75) is 33.0 Å². The predicted molar refractivity (Wildman–Crippen MR) is 127 cm³/mol. The Morgan fingerprint density at radius 1 is 1.19 bits per heavy atom. The van der Waals surface area contributed by atoms with E-state index in [2.05, 4.69) is 20.7 Å². The molecule has 1 aromatic carbocycles. The summed E-state index contributed by atoms with van der Waals surface area (Å²) < 4.78 is 8.13. The molecule has 0 saturated heterocycles. The summed E-state index contributed by atoms with van der Waals surface area (Å²) in [5, 5.41) is 0. The molecule has 0 bridgehead atoms. The minimum Gasteiger partial charge on any atom is -0.385 e. The lowest BCUT2D eigenvalue weighted by Gasteiger charge is -2.31. The normalized spacial score (nSPS) is 15.9. The minimum absolute atomic E-state index is 0.169. The standard InChI is InChI=1S/C19H23BrN4O3.C3H8O/c1-12(11-25)8-15-21(2)17-16(18(26)23(4)19(27)22(17)3)24(15)10-13-6-5-7-14(20)9-13;1-3-4-2/h5-7,9,11-12,15H,8,10H2,1-4H3;3H2,1-2H3. The van der Waals surface area contributed by atoms with Gasteiger partial charge in [0.05, 0.1) is 0 Å². The second-order valence-corrected chi connectivity index (χ2v) is 8.57. The molecule has 0 N–H and O–H groups in total. The van der Waals surface area contributed by atoms with E-state index in [1.807, 2.05) is 55.0 Å². The topological polar surface area (TPSA) is 76.8 Å². The van der Waals surface area contributed by atoms with Crippen LogP contribution in [0.1, 0.15) is 25.8 Å². The zero-order chi connectivity index (χ0) is 23.3. The number of hydrogen-bond donors (Lipinski definition) is 0. The average Bonchev–Trinajstić information content (AvgIpc) is 3.02. The lowest BCUT2D eigenvalue weighted by atomic mass is 10.1. The maximum Gasteiger partial charge on any atom is 0.332 e. The van der Waals surface area contributed by atoms with Crippen LogP contribution in [0.3, 0.4) is 0 Å². The number of nitrogens with zero attached hydrogens (tertiary/aromatic N) is 4. The molecule has 31 heavy (non-hydrogen) atoms. The van der Waals surface area contributed by atoms with Crippen molar-refractivity contribution in [1.82, 2.24) is 9.13 Å². The van der Waals surface area contributed by atoms with Crippen molar-refractivity contribution in [1.29, 1.82) is 0 Å². The molecule has 2 aromatic rings. The van der Waals surface area contributed by atoms with Crippen molar-refractivity contribution < 1.29 is 9.53 Å². The summed E-state index contributed by atoms with van der Waals surface area (Å²) in [5.74, 6) is 0.416. The van der Waals surface area contributed by atoms with Crippen molar-refractivity contribution in [2.75, 3.05) is 30.6 Å². The highest BCUT2D eigenvalue weighted by atomic mass is 79.9. The van der Waals surface area contributed by atoms with Gasteiger partial charge < -0.3 is 19.3 Å². The third-order valence-electron chi connectivity index (χ3n) is 5.38. The van der Waals surface area contributed by atoms with Gasteiger partial charge in [0.15, 0.2) is 0 Å². The largest absolute Gasteiger partial charge is 0.385 e. The Hall–Kier alpha value is -2.39. The van der Waals surface area contributed by atoms with Gasteiger partial charge in [-0.15, -0.1) is 0 Å². The van der Waals surface area contributed by atoms with Crippen LogP contribution < -0.4 is 21.0 Å². The fourth-order valence-electron chi connectivity index (χ4n) is 3.66. The van der Waals surface area contributed by atoms with Gasteiger partial charge in [0.25, 0.3) is 5.56 Å². The third-order valence-corrected chi connectivity index (χ3v) is 5.88. The van der Waals surface area contributed by atoms with Gasteiger partial charge in [0.2, 0.25) is 0 Å². The van der Waals surface area contributed by atoms with Crippen LogP contribution in [-0.4, -0.2) is 42.4 Å². The first kappa shape index (κ1) is 24.9. The van der Waals surface area contributed by atoms with E-state index in [0.717, 1.165) is 27.5 Å². The number of benzene rings is 1. The Balaban J connectivity index is 0.000000785. The highest BCUT2D eigenvalue weighted by Gasteiger charge is 2.39. The van der Waals surface area contributed by atoms with Crippen LogP contribution >= 0.6 is 15.9 Å². The van der Waals surface area contributed by atoms with Gasteiger partial charge in [-0.1, -0.05) is 35.0 Å². The average molecular weight is 495 g/mol. The van der Waals surface area contributed by atoms with Gasteiger partial charge in [0.1, 0.15) is 24.0 Å². The molecule has 170 valence electrons. The number of hydrogen-bond acceptors (Lipinski definition) is 6. The summed E-state index contributed by atoms with van der Waals surface area (Å²) in [4.78, 5) is 40.5. The Morgan fingerprint density at radius 3 is 2.39 bits per heavy atom. The molecule has 2 heterocycles. The Kier molecular flexibility index (Phi) is 8.64. The van der Waals surface area contributed by atoms with Crippen LogP contribution in [-0.2, 0) is 30.2 Å². The molecule has 0 saturated carbocycles. The highest BCUT2D eigenvalue weighted by Crippen LogP contribution is 2.38. The summed E-state index contributed by atoms with van der Waals surface area (Å²) in [5.41, 5.74) is 0.837. The third kappa shape index (κ3) is 5.27. The molecule has 2 unspecified atom stereocenters. The molecule has 3 rings (SSSR count). The minimum atomic E-state index is -0.364. The molecule has 8 nitrogen and oxygen atoms in total. The highest BCUT2D eigenvalue weighted by molar-refractivity contribution is 9.10. The van der Waals surface area contributed by atoms with E-state index in [1.165, 1.54) is 11.6 Å². The molecular formula is C22H31BrN4O4. The zero-order valence-electron chi connectivity index (χ0n) is 19.0. The fraction of sp³-hybridized carbons (Fsp3) is 0.500. The van der Waals surface area contributed by atoms with Crippen LogP contribution in [0.4, 0.5) is 11.5 Å². The maximum absolute atomic E-state index is 13.0. The fourth-order valence-corrected chi connectivity index (χ4v) is 4.11. The van der Waals surface area contributed by atoms with E-state index in [-0.39, 0.29) is 23.3 Å². The van der Waals surface area contributed by atoms with Crippen LogP contribution in [0.2, 0.25) is 0 Å². The van der Waals surface area contributed by atoms with Crippen molar-refractivity contribution in [2.24, 2.45) is 20.0 Å². The van der Waals surface area contributed by atoms with Gasteiger partial charge in [-0.2, -0.15) is 0 Å². The van der Waals surface area contributed by atoms with Crippen molar-refractivity contribution >= 4 is 33.7 Å². The Morgan fingerprint density at radius 2 is 1.84 bits per heavy atom. The quantitative estimate of drug-likeness (QED) is 0.574. The molecule has 0 fully saturated rings. The van der Waals surface area contributed by atoms with E-state index in [1.54, 1.807) is 14.2 Å². The first-order chi connectivity index (χ1) is 14.7. The van der Waals surface area contributed by atoms with Gasteiger partial charge in [-0.05, 0) is 31.0 Å². The lowest BCUT2D eigenvalue weighted by molar-refractivity contribution is -0.110. The smallest absolute Gasteiger partial charge is 0.332 e. The molecule has 2 atom stereocenters. The second-order valence-electron chi connectivity index (χ2n) is 7.65. The number of halogens is 1. The molecule has 0 aliphatic carbocycles. The first-order valence-corrected chi connectivity index (χ1v) is 10.9. The van der Waals surface area contributed by atoms with E-state index in [9.17, 15) is 14.4 Å². The molecule has 0 spiro atoms. The number of methoxy groups -OCH3 is 1. The number of aldehydes is 1. The molecule has 1 aliphatic rings. The van der Waals surface area contributed by atoms with E-state index in [0.29, 0.717) is 24.5 Å². The van der Waals surface area contributed by atoms with Crippen LogP contribution in [0.15, 0.2) is 38.3 Å². The van der Waals surface area contributed by atoms with Gasteiger partial charge in [0, 0.05) is 51.8 Å². The van der Waals surface area contributed by atoms with Crippen LogP contribution in [0.25, 0.3) is 0 Å². The number of rotatable bonds is 6. The second kappa shape index (κ2) is 10.8. The number of ether oxygens (including phenoxy) is 1. The number of fused-ring (bicyclic) bond motifs is 1. The summed E-state index contributed by atoms with van der Waals surface area (Å²) in [6, 6.07) is 7.89. The van der Waals surface area contributed by atoms with Gasteiger partial charge in [-0.25, -0.2) is 4.79 Å². The maximum atomic E-state index is 13.0. The number of carbonyl (C=O) groups excluding carboxylic acids is 1.